The van der Waals surface area contributed by atoms with Crippen LogP contribution in [0.5, 0.6) is 11.5 Å². The molecule has 1 fully saturated rings. The number of hydrogen-bond acceptors (Lipinski definition) is 9. The molecule has 2 aromatic rings. The molecular weight excluding hydrogens is 496 g/mol. The molecule has 1 aliphatic carbocycles. The van der Waals surface area contributed by atoms with Gasteiger partial charge < -0.3 is 31.1 Å². The fourth-order valence-electron chi connectivity index (χ4n) is 2.86. The molecule has 208 valence electrons. The number of carbonyl (C=O) groups excluding carboxylic acids is 4. The van der Waals surface area contributed by atoms with Crippen molar-refractivity contribution >= 4 is 29.4 Å². The minimum Gasteiger partial charge on any atom is -0.508 e. The van der Waals surface area contributed by atoms with E-state index < -0.39 is 18.0 Å². The van der Waals surface area contributed by atoms with E-state index in [2.05, 4.69) is 10.1 Å². The van der Waals surface area contributed by atoms with Crippen molar-refractivity contribution in [1.82, 2.24) is 5.32 Å². The summed E-state index contributed by atoms with van der Waals surface area (Å²) < 4.78 is 4.50. The van der Waals surface area contributed by atoms with Crippen LogP contribution in [0.3, 0.4) is 0 Å². The maximum absolute atomic E-state index is 10.8. The Morgan fingerprint density at radius 2 is 1.24 bits per heavy atom. The SMILES string of the molecule is CC(=O)NCCc1ccc(O)cc1.CC(=O)O.CC(=O)OC1C(=O)CCC1=O.NCCc1ccc(O)cc1. The molecule has 11 nitrogen and oxygen atoms in total. The van der Waals surface area contributed by atoms with Crippen LogP contribution in [0.1, 0.15) is 44.7 Å². The summed E-state index contributed by atoms with van der Waals surface area (Å²) in [6.45, 7) is 5.06. The number of benzene rings is 2. The highest BCUT2D eigenvalue weighted by molar-refractivity contribution is 6.12. The number of nitrogens with two attached hydrogens (primary N) is 1. The fraction of sp³-hybridized carbons (Fsp3) is 0.370. The van der Waals surface area contributed by atoms with Crippen LogP contribution in [0, 0.1) is 0 Å². The number of carboxylic acids is 1. The van der Waals surface area contributed by atoms with Crippen molar-refractivity contribution in [3.8, 4) is 11.5 Å². The number of hydrogen-bond donors (Lipinski definition) is 5. The largest absolute Gasteiger partial charge is 0.508 e. The first-order valence-corrected chi connectivity index (χ1v) is 11.8. The van der Waals surface area contributed by atoms with Crippen LogP contribution >= 0.6 is 0 Å². The van der Waals surface area contributed by atoms with Gasteiger partial charge in [0.25, 0.3) is 5.97 Å². The Kier molecular flexibility index (Phi) is 16.8. The molecule has 6 N–H and O–H groups in total. The summed E-state index contributed by atoms with van der Waals surface area (Å²) in [6.07, 6.45) is 0.973. The Morgan fingerprint density at radius 1 is 0.842 bits per heavy atom. The molecule has 0 aliphatic heterocycles. The Bertz CT molecular complexity index is 1020. The minimum absolute atomic E-state index is 0.0150. The van der Waals surface area contributed by atoms with Gasteiger partial charge in [0.1, 0.15) is 11.5 Å². The Hall–Kier alpha value is -4.25. The molecule has 0 unspecified atom stereocenters. The van der Waals surface area contributed by atoms with Gasteiger partial charge in [-0.1, -0.05) is 24.3 Å². The normalized spacial score (nSPS) is 12.0. The Morgan fingerprint density at radius 3 is 1.58 bits per heavy atom. The molecule has 0 heterocycles. The topological polar surface area (TPSA) is 193 Å². The fourth-order valence-corrected chi connectivity index (χ4v) is 2.86. The number of carbonyl (C=O) groups is 5. The molecule has 1 amide bonds. The summed E-state index contributed by atoms with van der Waals surface area (Å²) in [6, 6.07) is 14.1. The first kappa shape index (κ1) is 33.8. The molecule has 2 aromatic carbocycles. The number of phenolic OH excluding ortho intramolecular Hbond substituents is 2. The molecule has 1 aliphatic rings. The number of aromatic hydroxyl groups is 2. The molecule has 3 rings (SSSR count). The summed E-state index contributed by atoms with van der Waals surface area (Å²) in [5.41, 5.74) is 7.61. The number of amides is 1. The zero-order valence-electron chi connectivity index (χ0n) is 21.8. The first-order valence-electron chi connectivity index (χ1n) is 11.8. The van der Waals surface area contributed by atoms with E-state index in [4.69, 9.17) is 25.8 Å². The van der Waals surface area contributed by atoms with Crippen molar-refractivity contribution in [2.75, 3.05) is 13.1 Å². The van der Waals surface area contributed by atoms with Crippen molar-refractivity contribution in [3.05, 3.63) is 59.7 Å². The predicted molar refractivity (Wildman–Crippen MR) is 139 cm³/mol. The van der Waals surface area contributed by atoms with Crippen LogP contribution in [-0.4, -0.2) is 63.9 Å². The molecular formula is C27H36N2O9. The maximum atomic E-state index is 10.8. The number of esters is 1. The molecule has 11 heteroatoms. The Balaban J connectivity index is 0.000000508. The molecule has 0 saturated heterocycles. The lowest BCUT2D eigenvalue weighted by atomic mass is 10.1. The number of ether oxygens (including phenoxy) is 1. The maximum Gasteiger partial charge on any atom is 0.303 e. The molecule has 0 radical (unpaired) electrons. The zero-order chi connectivity index (χ0) is 29.1. The highest BCUT2D eigenvalue weighted by Gasteiger charge is 2.35. The summed E-state index contributed by atoms with van der Waals surface area (Å²) in [5.74, 6) is -1.43. The van der Waals surface area contributed by atoms with Gasteiger partial charge in [-0.05, 0) is 54.8 Å². The van der Waals surface area contributed by atoms with E-state index in [9.17, 15) is 19.2 Å². The van der Waals surface area contributed by atoms with E-state index in [-0.39, 0.29) is 36.1 Å². The van der Waals surface area contributed by atoms with Gasteiger partial charge in [-0.15, -0.1) is 0 Å². The second-order valence-electron chi connectivity index (χ2n) is 8.05. The second-order valence-corrected chi connectivity index (χ2v) is 8.05. The van der Waals surface area contributed by atoms with Gasteiger partial charge in [-0.2, -0.15) is 0 Å². The number of nitrogens with one attached hydrogen (secondary N) is 1. The van der Waals surface area contributed by atoms with Crippen molar-refractivity contribution in [2.45, 2.75) is 52.6 Å². The lowest BCUT2D eigenvalue weighted by molar-refractivity contribution is -0.155. The highest BCUT2D eigenvalue weighted by Crippen LogP contribution is 2.14. The van der Waals surface area contributed by atoms with Crippen LogP contribution in [0.2, 0.25) is 0 Å². The number of rotatable bonds is 6. The van der Waals surface area contributed by atoms with Gasteiger partial charge in [-0.3, -0.25) is 24.0 Å². The van der Waals surface area contributed by atoms with E-state index in [1.54, 1.807) is 24.3 Å². The van der Waals surface area contributed by atoms with E-state index in [0.717, 1.165) is 25.3 Å². The molecule has 0 atom stereocenters. The summed E-state index contributed by atoms with van der Waals surface area (Å²) >= 11 is 0. The number of Topliss-reactive ketones (excluding diaryl/α,β-unsaturated/α-hetero) is 2. The van der Waals surface area contributed by atoms with Crippen molar-refractivity contribution in [1.29, 1.82) is 0 Å². The second kappa shape index (κ2) is 18.9. The van der Waals surface area contributed by atoms with Crippen LogP contribution in [0.25, 0.3) is 0 Å². The summed E-state index contributed by atoms with van der Waals surface area (Å²) in [4.78, 5) is 51.5. The van der Waals surface area contributed by atoms with E-state index in [1.165, 1.54) is 19.4 Å². The Labute approximate surface area is 221 Å². The molecule has 0 aromatic heterocycles. The van der Waals surface area contributed by atoms with E-state index >= 15 is 0 Å². The summed E-state index contributed by atoms with van der Waals surface area (Å²) in [5, 5.41) is 28.0. The van der Waals surface area contributed by atoms with Crippen LogP contribution in [0.15, 0.2) is 48.5 Å². The quantitative estimate of drug-likeness (QED) is 0.271. The predicted octanol–water partition coefficient (Wildman–Crippen LogP) is 1.91. The number of carboxylic acid groups (broad SMARTS) is 1. The van der Waals surface area contributed by atoms with Crippen LogP contribution in [-0.2, 0) is 41.6 Å². The molecule has 1 saturated carbocycles. The average molecular weight is 533 g/mol. The first-order chi connectivity index (χ1) is 17.8. The molecule has 0 spiro atoms. The van der Waals surface area contributed by atoms with Gasteiger partial charge in [0.2, 0.25) is 12.0 Å². The number of aliphatic carboxylic acids is 1. The number of ketones is 2. The van der Waals surface area contributed by atoms with Gasteiger partial charge in [0, 0.05) is 40.2 Å². The standard InChI is InChI=1S/C10H13NO2.C8H11NO.C7H8O4.C2H4O2/c1-8(12)11-7-6-9-2-4-10(13)5-3-9;9-6-5-7-1-3-8(10)4-2-7;1-4(8)11-7-5(9)2-3-6(7)10;1-2(3)4/h2-5,13H,6-7H2,1H3,(H,11,12);1-4,10H,5-6,9H2;7H,2-3H2,1H3;1H3,(H,3,4). The van der Waals surface area contributed by atoms with Crippen molar-refractivity contribution < 1.29 is 44.0 Å². The third-order valence-corrected chi connectivity index (χ3v) is 4.58. The van der Waals surface area contributed by atoms with Crippen molar-refractivity contribution in [3.63, 3.8) is 0 Å². The molecule has 38 heavy (non-hydrogen) atoms. The van der Waals surface area contributed by atoms with Crippen LogP contribution < -0.4 is 11.1 Å². The van der Waals surface area contributed by atoms with Gasteiger partial charge in [0.05, 0.1) is 0 Å². The summed E-state index contributed by atoms with van der Waals surface area (Å²) in [7, 11) is 0. The highest BCUT2D eigenvalue weighted by atomic mass is 16.5. The minimum atomic E-state index is -1.10. The number of phenols is 2. The van der Waals surface area contributed by atoms with E-state index in [0.29, 0.717) is 18.8 Å². The molecule has 0 bridgehead atoms. The smallest absolute Gasteiger partial charge is 0.303 e. The lowest BCUT2D eigenvalue weighted by Gasteiger charge is -2.05. The third kappa shape index (κ3) is 17.2. The van der Waals surface area contributed by atoms with Gasteiger partial charge in [-0.25, -0.2) is 0 Å². The zero-order valence-corrected chi connectivity index (χ0v) is 21.8. The van der Waals surface area contributed by atoms with Gasteiger partial charge in [0.15, 0.2) is 11.6 Å². The third-order valence-electron chi connectivity index (χ3n) is 4.58. The average Bonchev–Trinajstić information content (AvgIpc) is 3.14. The lowest BCUT2D eigenvalue weighted by Crippen LogP contribution is -2.27. The van der Waals surface area contributed by atoms with Crippen molar-refractivity contribution in [2.24, 2.45) is 5.73 Å². The van der Waals surface area contributed by atoms with Crippen LogP contribution in [0.4, 0.5) is 0 Å². The van der Waals surface area contributed by atoms with E-state index in [1.807, 2.05) is 24.3 Å². The van der Waals surface area contributed by atoms with Gasteiger partial charge >= 0.3 is 5.97 Å². The monoisotopic (exact) mass is 532 g/mol.